The third-order valence-electron chi connectivity index (χ3n) is 2.58. The molecule has 0 aliphatic carbocycles. The minimum absolute atomic E-state index is 0.125. The van der Waals surface area contributed by atoms with Gasteiger partial charge in [-0.25, -0.2) is 0 Å². The molecule has 5 nitrogen and oxygen atoms in total. The third kappa shape index (κ3) is 3.30. The van der Waals surface area contributed by atoms with Gasteiger partial charge in [0, 0.05) is 15.8 Å². The zero-order chi connectivity index (χ0) is 14.7. The summed E-state index contributed by atoms with van der Waals surface area (Å²) in [4.78, 5) is 12.1. The van der Waals surface area contributed by atoms with Gasteiger partial charge < -0.3 is 9.84 Å². The number of hydrogen-bond acceptors (Lipinski definition) is 6. The first-order valence-electron chi connectivity index (χ1n) is 5.79. The second kappa shape index (κ2) is 6.25. The maximum absolute atomic E-state index is 11.0. The van der Waals surface area contributed by atoms with Crippen molar-refractivity contribution in [1.29, 1.82) is 0 Å². The molecule has 1 aromatic carbocycles. The summed E-state index contributed by atoms with van der Waals surface area (Å²) >= 11 is 2.69. The molecular weight excluding hydrogens is 298 g/mol. The Labute approximate surface area is 124 Å². The van der Waals surface area contributed by atoms with E-state index in [0.717, 1.165) is 16.2 Å². The van der Waals surface area contributed by atoms with Crippen molar-refractivity contribution in [2.45, 2.75) is 17.9 Å². The van der Waals surface area contributed by atoms with Gasteiger partial charge in [-0.3, -0.25) is 10.1 Å². The zero-order valence-corrected chi connectivity index (χ0v) is 12.5. The number of rotatable bonds is 5. The Morgan fingerprint density at radius 1 is 1.40 bits per heavy atom. The van der Waals surface area contributed by atoms with Gasteiger partial charge in [-0.2, -0.15) is 0 Å². The highest BCUT2D eigenvalue weighted by Crippen LogP contribution is 2.42. The molecule has 0 bridgehead atoms. The average Bonchev–Trinajstić information content (AvgIpc) is 2.84. The van der Waals surface area contributed by atoms with E-state index in [1.54, 1.807) is 30.8 Å². The van der Waals surface area contributed by atoms with Gasteiger partial charge in [0.25, 0.3) is 5.06 Å². The molecule has 1 atom stereocenters. The summed E-state index contributed by atoms with van der Waals surface area (Å²) in [5.74, 6) is 0.532. The van der Waals surface area contributed by atoms with Gasteiger partial charge in [-0.15, -0.1) is 11.8 Å². The molecule has 0 aliphatic rings. The number of benzene rings is 1. The van der Waals surface area contributed by atoms with E-state index in [2.05, 4.69) is 0 Å². The van der Waals surface area contributed by atoms with Crippen LogP contribution in [0.4, 0.5) is 5.69 Å². The van der Waals surface area contributed by atoms with Gasteiger partial charge in [0.1, 0.15) is 5.75 Å². The number of hydrogen-bond donors (Lipinski definition) is 1. The molecule has 0 spiro atoms. The molecule has 0 fully saturated rings. The summed E-state index contributed by atoms with van der Waals surface area (Å²) in [5, 5.41) is 20.7. The van der Waals surface area contributed by atoms with E-state index < -0.39 is 11.0 Å². The number of nitro groups is 1. The van der Waals surface area contributed by atoms with Gasteiger partial charge >= 0.3 is 5.69 Å². The van der Waals surface area contributed by atoms with Crippen molar-refractivity contribution in [2.24, 2.45) is 0 Å². The Balaban J connectivity index is 2.29. The van der Waals surface area contributed by atoms with Crippen LogP contribution in [0.3, 0.4) is 0 Å². The van der Waals surface area contributed by atoms with Crippen LogP contribution < -0.4 is 4.74 Å². The number of ether oxygens (including phenoxy) is 1. The molecule has 0 amide bonds. The molecule has 20 heavy (non-hydrogen) atoms. The molecule has 0 saturated heterocycles. The fourth-order valence-electron chi connectivity index (χ4n) is 1.54. The molecule has 1 heterocycles. The maximum Gasteiger partial charge on any atom is 0.323 e. The van der Waals surface area contributed by atoms with Gasteiger partial charge in [-0.05, 0) is 37.4 Å². The molecule has 0 aliphatic heterocycles. The largest absolute Gasteiger partial charge is 0.440 e. The van der Waals surface area contributed by atoms with Crippen molar-refractivity contribution in [3.63, 3.8) is 0 Å². The number of thiophene rings is 1. The van der Waals surface area contributed by atoms with Crippen LogP contribution in [0, 0.1) is 10.1 Å². The summed E-state index contributed by atoms with van der Waals surface area (Å²) in [6, 6.07) is 8.64. The predicted molar refractivity (Wildman–Crippen MR) is 79.9 cm³/mol. The second-order valence-corrected chi connectivity index (χ2v) is 5.96. The van der Waals surface area contributed by atoms with Crippen LogP contribution in [0.5, 0.6) is 10.8 Å². The number of thioether (sulfide) groups is 1. The van der Waals surface area contributed by atoms with Crippen LogP contribution in [0.2, 0.25) is 0 Å². The van der Waals surface area contributed by atoms with E-state index >= 15 is 0 Å². The molecule has 2 aromatic rings. The Bertz CT molecular complexity index is 607. The van der Waals surface area contributed by atoms with E-state index in [0.29, 0.717) is 10.6 Å². The first-order valence-corrected chi connectivity index (χ1v) is 7.83. The third-order valence-corrected chi connectivity index (χ3v) is 4.49. The minimum atomic E-state index is -0.755. The lowest BCUT2D eigenvalue weighted by Gasteiger charge is -2.03. The lowest BCUT2D eigenvalue weighted by Crippen LogP contribution is -1.89. The average molecular weight is 311 g/mol. The molecule has 0 radical (unpaired) electrons. The van der Waals surface area contributed by atoms with Crippen molar-refractivity contribution >= 4 is 28.8 Å². The van der Waals surface area contributed by atoms with E-state index in [1.165, 1.54) is 6.07 Å². The predicted octanol–water partition coefficient (Wildman–Crippen LogP) is 4.22. The van der Waals surface area contributed by atoms with E-state index in [1.807, 2.05) is 18.4 Å². The van der Waals surface area contributed by atoms with Crippen LogP contribution in [-0.2, 0) is 0 Å². The molecule has 2 rings (SSSR count). The van der Waals surface area contributed by atoms with Gasteiger partial charge in [0.2, 0.25) is 0 Å². The SMILES string of the molecule is CSc1ccc(Oc2sc([C@H](C)O)cc2[N+](=O)[O-])cc1. The fourth-order valence-corrected chi connectivity index (χ4v) is 2.88. The smallest absolute Gasteiger partial charge is 0.323 e. The lowest BCUT2D eigenvalue weighted by atomic mass is 10.3. The first kappa shape index (κ1) is 14.8. The number of aliphatic hydroxyl groups is 1. The highest BCUT2D eigenvalue weighted by atomic mass is 32.2. The zero-order valence-electron chi connectivity index (χ0n) is 10.9. The summed E-state index contributed by atoms with van der Waals surface area (Å²) in [6.07, 6.45) is 1.21. The van der Waals surface area contributed by atoms with Crippen LogP contribution in [0.25, 0.3) is 0 Å². The Morgan fingerprint density at radius 2 is 2.05 bits per heavy atom. The molecular formula is C13H13NO4S2. The molecule has 0 saturated carbocycles. The highest BCUT2D eigenvalue weighted by molar-refractivity contribution is 7.98. The topological polar surface area (TPSA) is 72.6 Å². The molecule has 106 valence electrons. The van der Waals surface area contributed by atoms with E-state index in [4.69, 9.17) is 4.74 Å². The van der Waals surface area contributed by atoms with Crippen molar-refractivity contribution in [2.75, 3.05) is 6.26 Å². The number of nitrogens with zero attached hydrogens (tertiary/aromatic N) is 1. The standard InChI is InChI=1S/C13H13NO4S2/c1-8(15)12-7-11(14(16)17)13(20-12)18-9-3-5-10(19-2)6-4-9/h3-8,15H,1-2H3/t8-/m0/s1. The van der Waals surface area contributed by atoms with Crippen molar-refractivity contribution in [1.82, 2.24) is 0 Å². The Morgan fingerprint density at radius 3 is 2.55 bits per heavy atom. The normalized spacial score (nSPS) is 12.2. The van der Waals surface area contributed by atoms with Gasteiger partial charge in [0.15, 0.2) is 0 Å². The summed E-state index contributed by atoms with van der Waals surface area (Å²) in [5.41, 5.74) is -0.125. The molecule has 0 unspecified atom stereocenters. The van der Waals surface area contributed by atoms with Crippen molar-refractivity contribution < 1.29 is 14.8 Å². The minimum Gasteiger partial charge on any atom is -0.440 e. The summed E-state index contributed by atoms with van der Waals surface area (Å²) < 4.78 is 5.56. The molecule has 7 heteroatoms. The quantitative estimate of drug-likeness (QED) is 0.508. The molecule has 1 N–H and O–H groups in total. The molecule has 1 aromatic heterocycles. The van der Waals surface area contributed by atoms with Crippen LogP contribution in [0.1, 0.15) is 17.9 Å². The van der Waals surface area contributed by atoms with Crippen LogP contribution in [0.15, 0.2) is 35.2 Å². The Hall–Kier alpha value is -1.57. The van der Waals surface area contributed by atoms with Gasteiger partial charge in [0.05, 0.1) is 11.0 Å². The highest BCUT2D eigenvalue weighted by Gasteiger charge is 2.23. The van der Waals surface area contributed by atoms with Crippen molar-refractivity contribution in [3.05, 3.63) is 45.3 Å². The van der Waals surface area contributed by atoms with E-state index in [-0.39, 0.29) is 10.8 Å². The maximum atomic E-state index is 11.0. The monoisotopic (exact) mass is 311 g/mol. The second-order valence-electron chi connectivity index (χ2n) is 4.03. The summed E-state index contributed by atoms with van der Waals surface area (Å²) in [6.45, 7) is 1.56. The summed E-state index contributed by atoms with van der Waals surface area (Å²) in [7, 11) is 0. The number of aliphatic hydroxyl groups excluding tert-OH is 1. The van der Waals surface area contributed by atoms with Crippen molar-refractivity contribution in [3.8, 4) is 10.8 Å². The van der Waals surface area contributed by atoms with E-state index in [9.17, 15) is 15.2 Å². The first-order chi connectivity index (χ1) is 9.51. The lowest BCUT2D eigenvalue weighted by molar-refractivity contribution is -0.385. The van der Waals surface area contributed by atoms with Crippen LogP contribution in [-0.4, -0.2) is 16.3 Å². The van der Waals surface area contributed by atoms with Gasteiger partial charge in [-0.1, -0.05) is 11.3 Å². The fraction of sp³-hybridized carbons (Fsp3) is 0.231. The van der Waals surface area contributed by atoms with Crippen LogP contribution >= 0.6 is 23.1 Å². The Kier molecular flexibility index (Phi) is 4.64.